The van der Waals surface area contributed by atoms with Crippen LogP contribution in [0.15, 0.2) is 60.3 Å². The molecule has 0 bridgehead atoms. The van der Waals surface area contributed by atoms with Gasteiger partial charge in [0.2, 0.25) is 12.2 Å². The molecule has 5 rings (SSSR count). The van der Waals surface area contributed by atoms with Gasteiger partial charge in [0.25, 0.3) is 0 Å². The molecule has 0 fully saturated rings. The van der Waals surface area contributed by atoms with E-state index in [2.05, 4.69) is 10.3 Å². The van der Waals surface area contributed by atoms with Crippen LogP contribution in [-0.4, -0.2) is 15.3 Å². The normalized spacial score (nSPS) is 18.6. The summed E-state index contributed by atoms with van der Waals surface area (Å²) in [6.45, 7) is 0. The number of carbonyl (C=O) groups excluding carboxylic acids is 1. The predicted molar refractivity (Wildman–Crippen MR) is 81.9 cm³/mol. The van der Waals surface area contributed by atoms with Gasteiger partial charge in [-0.2, -0.15) is 0 Å². The maximum Gasteiger partial charge on any atom is 0.211 e. The largest absolute Gasteiger partial charge is 0.465 e. The molecule has 5 nitrogen and oxygen atoms in total. The number of imidazole rings is 1. The second kappa shape index (κ2) is 3.98. The van der Waals surface area contributed by atoms with Crippen molar-refractivity contribution in [3.05, 3.63) is 65.9 Å². The average Bonchev–Trinajstić information content (AvgIpc) is 2.94. The molecule has 0 amide bonds. The fourth-order valence-electron chi connectivity index (χ4n) is 3.06. The van der Waals surface area contributed by atoms with Crippen LogP contribution >= 0.6 is 0 Å². The number of benzene rings is 2. The first-order chi connectivity index (χ1) is 10.8. The number of aromatic nitrogens is 2. The van der Waals surface area contributed by atoms with Crippen LogP contribution in [0.5, 0.6) is 5.75 Å². The van der Waals surface area contributed by atoms with E-state index in [-0.39, 0.29) is 5.78 Å². The topological polar surface area (TPSA) is 56.2 Å². The van der Waals surface area contributed by atoms with Crippen LogP contribution in [-0.2, 0) is 0 Å². The third-order valence-electron chi connectivity index (χ3n) is 4.09. The van der Waals surface area contributed by atoms with Gasteiger partial charge in [-0.25, -0.2) is 4.98 Å². The SMILES string of the molecule is O=C1C2=CNc3nc4ccccc4n3C2Oc2ccccc21. The first-order valence-electron chi connectivity index (χ1n) is 7.07. The van der Waals surface area contributed by atoms with Gasteiger partial charge in [0.15, 0.2) is 5.78 Å². The molecular formula is C17H11N3O2. The maximum absolute atomic E-state index is 12.7. The highest BCUT2D eigenvalue weighted by molar-refractivity contribution is 6.12. The molecule has 5 heteroatoms. The van der Waals surface area contributed by atoms with Crippen molar-refractivity contribution in [1.29, 1.82) is 0 Å². The van der Waals surface area contributed by atoms with Crippen LogP contribution < -0.4 is 10.1 Å². The van der Waals surface area contributed by atoms with Crippen LogP contribution in [0.25, 0.3) is 11.0 Å². The summed E-state index contributed by atoms with van der Waals surface area (Å²) in [4.78, 5) is 17.2. The lowest BCUT2D eigenvalue weighted by Gasteiger charge is -2.32. The lowest BCUT2D eigenvalue weighted by molar-refractivity contribution is 0.0901. The van der Waals surface area contributed by atoms with Crippen LogP contribution in [0.1, 0.15) is 16.6 Å². The summed E-state index contributed by atoms with van der Waals surface area (Å²) < 4.78 is 8.02. The zero-order valence-electron chi connectivity index (χ0n) is 11.5. The van der Waals surface area contributed by atoms with E-state index < -0.39 is 6.23 Å². The summed E-state index contributed by atoms with van der Waals surface area (Å²) in [6, 6.07) is 15.1. The molecule has 1 aromatic heterocycles. The molecule has 0 spiro atoms. The molecular weight excluding hydrogens is 278 g/mol. The van der Waals surface area contributed by atoms with Gasteiger partial charge in [0.1, 0.15) is 5.75 Å². The van der Waals surface area contributed by atoms with Crippen molar-refractivity contribution in [2.75, 3.05) is 5.32 Å². The Kier molecular flexibility index (Phi) is 2.09. The highest BCUT2D eigenvalue weighted by Gasteiger charge is 2.37. The first kappa shape index (κ1) is 11.6. The van der Waals surface area contributed by atoms with Crippen molar-refractivity contribution in [3.8, 4) is 5.75 Å². The number of hydrogen-bond donors (Lipinski definition) is 1. The van der Waals surface area contributed by atoms with E-state index in [0.29, 0.717) is 22.8 Å². The molecule has 1 unspecified atom stereocenters. The molecule has 1 N–H and O–H groups in total. The molecule has 0 saturated carbocycles. The second-order valence-electron chi connectivity index (χ2n) is 5.33. The fraction of sp³-hybridized carbons (Fsp3) is 0.0588. The van der Waals surface area contributed by atoms with E-state index >= 15 is 0 Å². The molecule has 0 saturated heterocycles. The summed E-state index contributed by atoms with van der Waals surface area (Å²) in [5.41, 5.74) is 3.00. The van der Waals surface area contributed by atoms with Gasteiger partial charge >= 0.3 is 0 Å². The minimum absolute atomic E-state index is 0.0113. The van der Waals surface area contributed by atoms with Crippen LogP contribution in [0.4, 0.5) is 5.95 Å². The Hall–Kier alpha value is -3.08. The highest BCUT2D eigenvalue weighted by Crippen LogP contribution is 2.40. The third-order valence-corrected chi connectivity index (χ3v) is 4.09. The Bertz CT molecular complexity index is 971. The van der Waals surface area contributed by atoms with Gasteiger partial charge in [0.05, 0.1) is 22.2 Å². The minimum atomic E-state index is -0.481. The van der Waals surface area contributed by atoms with Gasteiger partial charge in [-0.15, -0.1) is 0 Å². The number of fused-ring (bicyclic) bond motifs is 6. The summed E-state index contributed by atoms with van der Waals surface area (Å²) >= 11 is 0. The van der Waals surface area contributed by atoms with Crippen molar-refractivity contribution < 1.29 is 9.53 Å². The quantitative estimate of drug-likeness (QED) is 0.691. The summed E-state index contributed by atoms with van der Waals surface area (Å²) in [5, 5.41) is 3.10. The van der Waals surface area contributed by atoms with Crippen molar-refractivity contribution in [3.63, 3.8) is 0 Å². The van der Waals surface area contributed by atoms with Crippen LogP contribution in [0.2, 0.25) is 0 Å². The van der Waals surface area contributed by atoms with E-state index in [1.165, 1.54) is 0 Å². The molecule has 1 atom stereocenters. The van der Waals surface area contributed by atoms with Gasteiger partial charge in [-0.05, 0) is 24.3 Å². The smallest absolute Gasteiger partial charge is 0.211 e. The van der Waals surface area contributed by atoms with E-state index in [1.54, 1.807) is 12.3 Å². The first-order valence-corrected chi connectivity index (χ1v) is 7.07. The van der Waals surface area contributed by atoms with E-state index in [4.69, 9.17) is 4.74 Å². The van der Waals surface area contributed by atoms with Crippen molar-refractivity contribution in [2.24, 2.45) is 0 Å². The number of para-hydroxylation sites is 3. The Labute approximate surface area is 125 Å². The number of ether oxygens (including phenoxy) is 1. The number of anilines is 1. The van der Waals surface area contributed by atoms with Gasteiger partial charge < -0.3 is 10.1 Å². The summed E-state index contributed by atoms with van der Waals surface area (Å²) in [5.74, 6) is 1.28. The molecule has 3 heterocycles. The third kappa shape index (κ3) is 1.37. The standard InChI is InChI=1S/C17H11N3O2/c21-15-10-5-1-4-8-14(10)22-16-11(15)9-18-17-19-12-6-2-3-7-13(12)20(16)17/h1-9,16H,(H,18,19). The molecule has 22 heavy (non-hydrogen) atoms. The lowest BCUT2D eigenvalue weighted by atomic mass is 9.98. The monoisotopic (exact) mass is 289 g/mol. The van der Waals surface area contributed by atoms with Gasteiger partial charge in [0, 0.05) is 6.20 Å². The van der Waals surface area contributed by atoms with Gasteiger partial charge in [-0.3, -0.25) is 9.36 Å². The van der Waals surface area contributed by atoms with Crippen molar-refractivity contribution in [1.82, 2.24) is 9.55 Å². The average molecular weight is 289 g/mol. The molecule has 0 radical (unpaired) electrons. The molecule has 2 aromatic carbocycles. The number of carbonyl (C=O) groups is 1. The number of hydrogen-bond acceptors (Lipinski definition) is 4. The zero-order valence-corrected chi connectivity index (χ0v) is 11.5. The van der Waals surface area contributed by atoms with E-state index in [0.717, 1.165) is 11.0 Å². The highest BCUT2D eigenvalue weighted by atomic mass is 16.5. The Morgan fingerprint density at radius 3 is 2.86 bits per heavy atom. The number of Topliss-reactive ketones (excluding diaryl/α,β-unsaturated/α-hetero) is 1. The predicted octanol–water partition coefficient (Wildman–Crippen LogP) is 3.12. The van der Waals surface area contributed by atoms with E-state index in [1.807, 2.05) is 47.0 Å². The number of nitrogens with one attached hydrogen (secondary N) is 1. The van der Waals surface area contributed by atoms with Crippen LogP contribution in [0.3, 0.4) is 0 Å². The summed E-state index contributed by atoms with van der Waals surface area (Å²) in [6.07, 6.45) is 1.22. The Morgan fingerprint density at radius 1 is 1.09 bits per heavy atom. The molecule has 2 aliphatic heterocycles. The Morgan fingerprint density at radius 2 is 1.91 bits per heavy atom. The molecule has 106 valence electrons. The lowest BCUT2D eigenvalue weighted by Crippen LogP contribution is -2.32. The zero-order chi connectivity index (χ0) is 14.7. The number of nitrogens with zero attached hydrogens (tertiary/aromatic N) is 2. The molecule has 0 aliphatic carbocycles. The molecule has 2 aliphatic rings. The molecule has 3 aromatic rings. The number of ketones is 1. The van der Waals surface area contributed by atoms with Crippen molar-refractivity contribution in [2.45, 2.75) is 6.23 Å². The fourth-order valence-corrected chi connectivity index (χ4v) is 3.06. The number of rotatable bonds is 0. The Balaban J connectivity index is 1.76. The van der Waals surface area contributed by atoms with E-state index in [9.17, 15) is 4.79 Å². The maximum atomic E-state index is 12.7. The van der Waals surface area contributed by atoms with Gasteiger partial charge in [-0.1, -0.05) is 24.3 Å². The minimum Gasteiger partial charge on any atom is -0.465 e. The van der Waals surface area contributed by atoms with Crippen molar-refractivity contribution >= 4 is 22.8 Å². The second-order valence-corrected chi connectivity index (χ2v) is 5.33. The van der Waals surface area contributed by atoms with Crippen LogP contribution in [0, 0.1) is 0 Å². The summed E-state index contributed by atoms with van der Waals surface area (Å²) in [7, 11) is 0.